The van der Waals surface area contributed by atoms with E-state index in [9.17, 15) is 0 Å². The number of unbranched alkanes of at least 4 members (excludes halogenated alkanes) is 5. The van der Waals surface area contributed by atoms with Crippen molar-refractivity contribution in [2.45, 2.75) is 104 Å². The van der Waals surface area contributed by atoms with E-state index in [-0.39, 0.29) is 0 Å². The predicted octanol–water partition coefficient (Wildman–Crippen LogP) is 10.6. The van der Waals surface area contributed by atoms with Crippen LogP contribution in [0.1, 0.15) is 109 Å². The maximum atomic E-state index is 5.95. The molecule has 2 heteroatoms. The lowest BCUT2D eigenvalue weighted by atomic mass is 9.88. The molecular formula is C41H54N2. The van der Waals surface area contributed by atoms with Gasteiger partial charge in [0.25, 0.3) is 0 Å². The third-order valence-corrected chi connectivity index (χ3v) is 9.22. The predicted molar refractivity (Wildman–Crippen MR) is 188 cm³/mol. The Balaban J connectivity index is 1.30. The van der Waals surface area contributed by atoms with Gasteiger partial charge in [0, 0.05) is 11.4 Å². The maximum Gasteiger partial charge on any atom is 0.0316 e. The van der Waals surface area contributed by atoms with Crippen molar-refractivity contribution in [2.24, 2.45) is 5.92 Å². The second kappa shape index (κ2) is 16.9. The summed E-state index contributed by atoms with van der Waals surface area (Å²) in [6.45, 7) is 6.61. The summed E-state index contributed by atoms with van der Waals surface area (Å²) in [5.41, 5.74) is 24.5. The summed E-state index contributed by atoms with van der Waals surface area (Å²) < 4.78 is 0. The second-order valence-electron chi connectivity index (χ2n) is 12.9. The van der Waals surface area contributed by atoms with Crippen LogP contribution in [-0.2, 0) is 25.7 Å². The van der Waals surface area contributed by atoms with Crippen molar-refractivity contribution < 1.29 is 0 Å². The number of hydrogen-bond acceptors (Lipinski definition) is 2. The monoisotopic (exact) mass is 574 g/mol. The molecule has 0 aromatic heterocycles. The molecule has 43 heavy (non-hydrogen) atoms. The van der Waals surface area contributed by atoms with Crippen molar-refractivity contribution in [1.29, 1.82) is 0 Å². The molecule has 0 aliphatic heterocycles. The number of nitrogens with two attached hydrogens (primary N) is 2. The number of anilines is 2. The summed E-state index contributed by atoms with van der Waals surface area (Å²) in [7, 11) is 0. The molecule has 0 fully saturated rings. The SMILES string of the molecule is CCCCCCCCC(CCc1ccc(Cc2ccc(N)cc2C)cc1)CCc1ccc(Cc2ccc(N)cc2C)cc1. The van der Waals surface area contributed by atoms with Crippen molar-refractivity contribution in [3.8, 4) is 0 Å². The highest BCUT2D eigenvalue weighted by Crippen LogP contribution is 2.25. The van der Waals surface area contributed by atoms with Gasteiger partial charge < -0.3 is 11.5 Å². The molecule has 0 aliphatic carbocycles. The summed E-state index contributed by atoms with van der Waals surface area (Å²) in [6, 6.07) is 31.2. The van der Waals surface area contributed by atoms with Gasteiger partial charge >= 0.3 is 0 Å². The fourth-order valence-corrected chi connectivity index (χ4v) is 6.31. The number of nitrogen functional groups attached to an aromatic ring is 2. The summed E-state index contributed by atoms with van der Waals surface area (Å²) in [6.07, 6.45) is 16.4. The standard InChI is InChI=1S/C41H54N2/c1-4-5-6-7-8-9-10-33(11-13-34-15-19-36(20-16-34)29-38-23-25-40(42)27-31(38)2)12-14-35-17-21-37(22-18-35)30-39-24-26-41(43)28-32(39)3/h15-28,33H,4-14,29-30,42-43H2,1-3H3. The van der Waals surface area contributed by atoms with E-state index in [1.807, 2.05) is 12.1 Å². The summed E-state index contributed by atoms with van der Waals surface area (Å²) in [4.78, 5) is 0. The molecule has 4 N–H and O–H groups in total. The zero-order valence-electron chi connectivity index (χ0n) is 27.0. The second-order valence-corrected chi connectivity index (χ2v) is 12.9. The number of benzene rings is 4. The van der Waals surface area contributed by atoms with Crippen molar-refractivity contribution in [3.63, 3.8) is 0 Å². The van der Waals surface area contributed by atoms with Crippen LogP contribution >= 0.6 is 0 Å². The van der Waals surface area contributed by atoms with Crippen LogP contribution in [0, 0.1) is 19.8 Å². The molecule has 4 aromatic carbocycles. The zero-order valence-corrected chi connectivity index (χ0v) is 27.0. The Morgan fingerprint density at radius 3 is 1.35 bits per heavy atom. The van der Waals surface area contributed by atoms with Gasteiger partial charge in [0.05, 0.1) is 0 Å². The molecule has 0 saturated carbocycles. The molecule has 0 radical (unpaired) electrons. The molecule has 0 unspecified atom stereocenters. The number of rotatable bonds is 17. The van der Waals surface area contributed by atoms with Gasteiger partial charge in [-0.25, -0.2) is 0 Å². The summed E-state index contributed by atoms with van der Waals surface area (Å²) in [5, 5.41) is 0. The molecule has 0 aliphatic rings. The minimum atomic E-state index is 0.778. The van der Waals surface area contributed by atoms with Crippen LogP contribution < -0.4 is 11.5 Å². The Morgan fingerprint density at radius 1 is 0.488 bits per heavy atom. The molecule has 0 saturated heterocycles. The Bertz CT molecular complexity index is 1280. The molecule has 228 valence electrons. The van der Waals surface area contributed by atoms with E-state index in [0.29, 0.717) is 0 Å². The molecule has 4 aromatic rings. The lowest BCUT2D eigenvalue weighted by Crippen LogP contribution is -2.05. The van der Waals surface area contributed by atoms with E-state index >= 15 is 0 Å². The van der Waals surface area contributed by atoms with Crippen LogP contribution in [0.25, 0.3) is 0 Å². The molecule has 0 bridgehead atoms. The fraction of sp³-hybridized carbons (Fsp3) is 0.415. The van der Waals surface area contributed by atoms with Crippen LogP contribution in [0.2, 0.25) is 0 Å². The average molecular weight is 575 g/mol. The first-order valence-corrected chi connectivity index (χ1v) is 16.7. The highest BCUT2D eigenvalue weighted by Gasteiger charge is 2.11. The highest BCUT2D eigenvalue weighted by atomic mass is 14.5. The Kier molecular flexibility index (Phi) is 12.8. The minimum absolute atomic E-state index is 0.778. The molecule has 0 amide bonds. The molecule has 0 spiro atoms. The van der Waals surface area contributed by atoms with E-state index in [0.717, 1.165) is 30.1 Å². The minimum Gasteiger partial charge on any atom is -0.399 e. The smallest absolute Gasteiger partial charge is 0.0316 e. The van der Waals surface area contributed by atoms with Crippen molar-refractivity contribution in [3.05, 3.63) is 129 Å². The number of hydrogen-bond donors (Lipinski definition) is 2. The van der Waals surface area contributed by atoms with E-state index in [1.54, 1.807) is 0 Å². The van der Waals surface area contributed by atoms with Gasteiger partial charge in [-0.15, -0.1) is 0 Å². The first kappa shape index (κ1) is 32.4. The molecular weight excluding hydrogens is 520 g/mol. The average Bonchev–Trinajstić information content (AvgIpc) is 3.00. The fourth-order valence-electron chi connectivity index (χ4n) is 6.31. The van der Waals surface area contributed by atoms with Crippen LogP contribution in [-0.4, -0.2) is 0 Å². The largest absolute Gasteiger partial charge is 0.399 e. The Hall–Kier alpha value is -3.52. The van der Waals surface area contributed by atoms with E-state index in [4.69, 9.17) is 11.5 Å². The van der Waals surface area contributed by atoms with Gasteiger partial charge in [-0.05, 0) is 127 Å². The quantitative estimate of drug-likeness (QED) is 0.0973. The molecule has 4 rings (SSSR count). The van der Waals surface area contributed by atoms with Crippen molar-refractivity contribution >= 4 is 11.4 Å². The normalized spacial score (nSPS) is 11.3. The van der Waals surface area contributed by atoms with Crippen molar-refractivity contribution in [2.75, 3.05) is 11.5 Å². The Labute approximate surface area is 261 Å². The Morgan fingerprint density at radius 2 is 0.907 bits per heavy atom. The molecule has 0 atom stereocenters. The van der Waals surface area contributed by atoms with Gasteiger partial charge in [0.15, 0.2) is 0 Å². The van der Waals surface area contributed by atoms with Gasteiger partial charge in [-0.3, -0.25) is 0 Å². The van der Waals surface area contributed by atoms with Gasteiger partial charge in [0.1, 0.15) is 0 Å². The van der Waals surface area contributed by atoms with E-state index in [2.05, 4.69) is 93.6 Å². The van der Waals surface area contributed by atoms with Crippen LogP contribution in [0.15, 0.2) is 84.9 Å². The highest BCUT2D eigenvalue weighted by molar-refractivity contribution is 5.46. The first-order valence-electron chi connectivity index (χ1n) is 16.7. The topological polar surface area (TPSA) is 52.0 Å². The lowest BCUT2D eigenvalue weighted by Gasteiger charge is -2.18. The first-order chi connectivity index (χ1) is 20.9. The van der Waals surface area contributed by atoms with Gasteiger partial charge in [-0.2, -0.15) is 0 Å². The van der Waals surface area contributed by atoms with Crippen LogP contribution in [0.5, 0.6) is 0 Å². The molecule has 2 nitrogen and oxygen atoms in total. The maximum absolute atomic E-state index is 5.95. The lowest BCUT2D eigenvalue weighted by molar-refractivity contribution is 0.398. The van der Waals surface area contributed by atoms with E-state index < -0.39 is 0 Å². The van der Waals surface area contributed by atoms with Crippen LogP contribution in [0.3, 0.4) is 0 Å². The summed E-state index contributed by atoms with van der Waals surface area (Å²) in [5.74, 6) is 0.778. The molecule has 0 heterocycles. The van der Waals surface area contributed by atoms with E-state index in [1.165, 1.54) is 115 Å². The third-order valence-electron chi connectivity index (χ3n) is 9.22. The van der Waals surface area contributed by atoms with Gasteiger partial charge in [0.2, 0.25) is 0 Å². The number of aryl methyl sites for hydroxylation is 4. The van der Waals surface area contributed by atoms with Gasteiger partial charge in [-0.1, -0.05) is 113 Å². The zero-order chi connectivity index (χ0) is 30.4. The third kappa shape index (κ3) is 10.9. The van der Waals surface area contributed by atoms with Crippen LogP contribution in [0.4, 0.5) is 11.4 Å². The summed E-state index contributed by atoms with van der Waals surface area (Å²) >= 11 is 0. The van der Waals surface area contributed by atoms with Crippen molar-refractivity contribution in [1.82, 2.24) is 0 Å².